The largest absolute Gasteiger partial charge is 0.356 e. The van der Waals surface area contributed by atoms with Crippen LogP contribution in [0.1, 0.15) is 43.1 Å². The van der Waals surface area contributed by atoms with E-state index >= 15 is 0 Å². The molecule has 0 saturated heterocycles. The lowest BCUT2D eigenvalue weighted by Crippen LogP contribution is -2.39. The van der Waals surface area contributed by atoms with E-state index in [0.717, 1.165) is 49.8 Å². The first kappa shape index (κ1) is 23.1. The number of hydrogen-bond acceptors (Lipinski definition) is 3. The van der Waals surface area contributed by atoms with E-state index in [1.807, 2.05) is 28.8 Å². The molecule has 0 aliphatic carbocycles. The Kier molecular flexibility index (Phi) is 9.37. The Morgan fingerprint density at radius 1 is 1.00 bits per heavy atom. The van der Waals surface area contributed by atoms with Gasteiger partial charge in [0.25, 0.3) is 0 Å². The van der Waals surface area contributed by atoms with Crippen LogP contribution in [0.4, 0.5) is 0 Å². The molecule has 29 heavy (non-hydrogen) atoms. The first-order valence-electron chi connectivity index (χ1n) is 9.99. The zero-order valence-electron chi connectivity index (χ0n) is 17.4. The van der Waals surface area contributed by atoms with Crippen LogP contribution in [0, 0.1) is 0 Å². The van der Waals surface area contributed by atoms with Crippen molar-refractivity contribution < 1.29 is 0 Å². The summed E-state index contributed by atoms with van der Waals surface area (Å²) in [6, 6.07) is 14.9. The highest BCUT2D eigenvalue weighted by molar-refractivity contribution is 14.0. The fourth-order valence-corrected chi connectivity index (χ4v) is 3.14. The molecular formula is C22H31IN6. The highest BCUT2D eigenvalue weighted by Crippen LogP contribution is 2.15. The number of aromatic nitrogens is 3. The lowest BCUT2D eigenvalue weighted by Gasteiger charge is -2.12. The Bertz CT molecular complexity index is 901. The van der Waals surface area contributed by atoms with Gasteiger partial charge in [-0.05, 0) is 42.0 Å². The lowest BCUT2D eigenvalue weighted by molar-refractivity contribution is 0.728. The highest BCUT2D eigenvalue weighted by Gasteiger charge is 2.05. The summed E-state index contributed by atoms with van der Waals surface area (Å²) in [5, 5.41) is 15.2. The molecule has 2 N–H and O–H groups in total. The molecule has 156 valence electrons. The van der Waals surface area contributed by atoms with Crippen molar-refractivity contribution in [2.24, 2.45) is 4.99 Å². The van der Waals surface area contributed by atoms with Gasteiger partial charge in [-0.2, -0.15) is 0 Å². The molecule has 2 heterocycles. The molecule has 0 radical (unpaired) electrons. The number of guanidine groups is 1. The standard InChI is InChI=1S/C22H30N6.HI/c1-17(2)19-11-9-18(10-12-19)7-6-14-24-22(23-3)25-15-13-21-27-26-20-8-4-5-16-28(20)21;/h4-5,8-12,16-17H,6-7,13-15H2,1-3H3,(H2,23,24,25);1H. The van der Waals surface area contributed by atoms with Crippen LogP contribution in [0.5, 0.6) is 0 Å². The average molecular weight is 506 g/mol. The number of halogens is 1. The molecule has 7 heteroatoms. The molecule has 3 aromatic rings. The van der Waals surface area contributed by atoms with E-state index < -0.39 is 0 Å². The predicted octanol–water partition coefficient (Wildman–Crippen LogP) is 3.81. The third-order valence-corrected chi connectivity index (χ3v) is 4.83. The van der Waals surface area contributed by atoms with Gasteiger partial charge >= 0.3 is 0 Å². The number of hydrogen-bond donors (Lipinski definition) is 2. The van der Waals surface area contributed by atoms with Crippen molar-refractivity contribution in [3.05, 3.63) is 65.6 Å². The van der Waals surface area contributed by atoms with E-state index in [1.54, 1.807) is 7.05 Å². The van der Waals surface area contributed by atoms with Gasteiger partial charge < -0.3 is 10.6 Å². The van der Waals surface area contributed by atoms with Crippen molar-refractivity contribution in [1.29, 1.82) is 0 Å². The first-order chi connectivity index (χ1) is 13.7. The summed E-state index contributed by atoms with van der Waals surface area (Å²) in [4.78, 5) is 4.30. The Hall–Kier alpha value is -2.16. The number of nitrogens with one attached hydrogen (secondary N) is 2. The van der Waals surface area contributed by atoms with Gasteiger partial charge in [0.2, 0.25) is 0 Å². The number of rotatable bonds is 8. The van der Waals surface area contributed by atoms with Crippen LogP contribution in [0.3, 0.4) is 0 Å². The van der Waals surface area contributed by atoms with Crippen molar-refractivity contribution in [2.45, 2.75) is 39.0 Å². The van der Waals surface area contributed by atoms with Crippen LogP contribution < -0.4 is 10.6 Å². The van der Waals surface area contributed by atoms with Crippen LogP contribution in [-0.4, -0.2) is 40.7 Å². The van der Waals surface area contributed by atoms with Gasteiger partial charge in [-0.3, -0.25) is 9.39 Å². The second-order valence-electron chi connectivity index (χ2n) is 7.22. The third-order valence-electron chi connectivity index (χ3n) is 4.83. The van der Waals surface area contributed by atoms with Gasteiger partial charge in [-0.15, -0.1) is 34.2 Å². The van der Waals surface area contributed by atoms with Crippen LogP contribution in [0.15, 0.2) is 53.7 Å². The normalized spacial score (nSPS) is 11.5. The molecule has 0 fully saturated rings. The molecule has 0 aliphatic rings. The summed E-state index contributed by atoms with van der Waals surface area (Å²) in [7, 11) is 1.80. The summed E-state index contributed by atoms with van der Waals surface area (Å²) < 4.78 is 2.02. The molecule has 2 aromatic heterocycles. The maximum atomic E-state index is 4.30. The minimum Gasteiger partial charge on any atom is -0.356 e. The molecule has 0 atom stereocenters. The first-order valence-corrected chi connectivity index (χ1v) is 9.99. The maximum Gasteiger partial charge on any atom is 0.190 e. The Morgan fingerprint density at radius 2 is 1.76 bits per heavy atom. The fraction of sp³-hybridized carbons (Fsp3) is 0.409. The average Bonchev–Trinajstić information content (AvgIpc) is 3.13. The quantitative estimate of drug-likeness (QED) is 0.211. The van der Waals surface area contributed by atoms with Crippen LogP contribution in [-0.2, 0) is 12.8 Å². The molecule has 1 aromatic carbocycles. The van der Waals surface area contributed by atoms with E-state index in [4.69, 9.17) is 0 Å². The van der Waals surface area contributed by atoms with Crippen LogP contribution in [0.25, 0.3) is 5.65 Å². The summed E-state index contributed by atoms with van der Waals surface area (Å²) in [5.74, 6) is 2.35. The SMILES string of the molecule is CN=C(NCCCc1ccc(C(C)C)cc1)NCCc1nnc2ccccn12.I. The molecule has 6 nitrogen and oxygen atoms in total. The number of aliphatic imine (C=N–C) groups is 1. The molecule has 0 bridgehead atoms. The van der Waals surface area contributed by atoms with Gasteiger partial charge in [0.1, 0.15) is 5.82 Å². The number of aryl methyl sites for hydroxylation is 1. The van der Waals surface area contributed by atoms with Crippen LogP contribution >= 0.6 is 24.0 Å². The molecule has 3 rings (SSSR count). The zero-order chi connectivity index (χ0) is 19.8. The summed E-state index contributed by atoms with van der Waals surface area (Å²) >= 11 is 0. The van der Waals surface area contributed by atoms with E-state index in [-0.39, 0.29) is 24.0 Å². The number of nitrogens with zero attached hydrogens (tertiary/aromatic N) is 4. The van der Waals surface area contributed by atoms with E-state index in [0.29, 0.717) is 5.92 Å². The van der Waals surface area contributed by atoms with Crippen molar-refractivity contribution in [1.82, 2.24) is 25.2 Å². The predicted molar refractivity (Wildman–Crippen MR) is 130 cm³/mol. The van der Waals surface area contributed by atoms with Crippen LogP contribution in [0.2, 0.25) is 0 Å². The smallest absolute Gasteiger partial charge is 0.190 e. The molecule has 0 amide bonds. The highest BCUT2D eigenvalue weighted by atomic mass is 127. The monoisotopic (exact) mass is 506 g/mol. The van der Waals surface area contributed by atoms with Crippen molar-refractivity contribution in [3.8, 4) is 0 Å². The van der Waals surface area contributed by atoms with E-state index in [2.05, 4.69) is 63.9 Å². The van der Waals surface area contributed by atoms with Crippen molar-refractivity contribution in [3.63, 3.8) is 0 Å². The minimum absolute atomic E-state index is 0. The molecular weight excluding hydrogens is 475 g/mol. The summed E-state index contributed by atoms with van der Waals surface area (Å²) in [6.07, 6.45) is 4.91. The Balaban J connectivity index is 0.00000300. The molecule has 0 saturated carbocycles. The van der Waals surface area contributed by atoms with Crippen molar-refractivity contribution in [2.75, 3.05) is 20.1 Å². The third kappa shape index (κ3) is 6.69. The fourth-order valence-electron chi connectivity index (χ4n) is 3.14. The Labute approximate surface area is 190 Å². The lowest BCUT2D eigenvalue weighted by atomic mass is 10.0. The number of fused-ring (bicyclic) bond motifs is 1. The summed E-state index contributed by atoms with van der Waals surface area (Å²) in [5.41, 5.74) is 3.65. The number of pyridine rings is 1. The Morgan fingerprint density at radius 3 is 2.48 bits per heavy atom. The van der Waals surface area contributed by atoms with Gasteiger partial charge in [-0.25, -0.2) is 0 Å². The zero-order valence-corrected chi connectivity index (χ0v) is 19.8. The van der Waals surface area contributed by atoms with Crippen molar-refractivity contribution >= 4 is 35.6 Å². The molecule has 0 aliphatic heterocycles. The number of benzene rings is 1. The van der Waals surface area contributed by atoms with Gasteiger partial charge in [0, 0.05) is 32.8 Å². The minimum atomic E-state index is 0. The molecule has 0 unspecified atom stereocenters. The second-order valence-corrected chi connectivity index (χ2v) is 7.22. The van der Waals surface area contributed by atoms with E-state index in [1.165, 1.54) is 11.1 Å². The van der Waals surface area contributed by atoms with Gasteiger partial charge in [0.15, 0.2) is 11.6 Å². The maximum absolute atomic E-state index is 4.30. The summed E-state index contributed by atoms with van der Waals surface area (Å²) in [6.45, 7) is 6.09. The van der Waals surface area contributed by atoms with E-state index in [9.17, 15) is 0 Å². The second kappa shape index (κ2) is 11.7. The van der Waals surface area contributed by atoms with Gasteiger partial charge in [-0.1, -0.05) is 44.2 Å². The topological polar surface area (TPSA) is 66.6 Å². The van der Waals surface area contributed by atoms with Gasteiger partial charge in [0.05, 0.1) is 0 Å². The molecule has 0 spiro atoms.